The molecule has 0 fully saturated rings. The van der Waals surface area contributed by atoms with Crippen molar-refractivity contribution in [3.8, 4) is 0 Å². The van der Waals surface area contributed by atoms with Crippen LogP contribution in [0.1, 0.15) is 32.9 Å². The van der Waals surface area contributed by atoms with Gasteiger partial charge >= 0.3 is 6.03 Å². The molecular weight excluding hydrogens is 362 g/mol. The van der Waals surface area contributed by atoms with Gasteiger partial charge in [-0.1, -0.05) is 24.3 Å². The first-order valence-electron chi connectivity index (χ1n) is 9.95. The lowest BCUT2D eigenvalue weighted by atomic mass is 10.0. The maximum Gasteiger partial charge on any atom is 0.318 e. The normalized spacial score (nSPS) is 14.6. The van der Waals surface area contributed by atoms with Crippen molar-refractivity contribution in [3.05, 3.63) is 60.4 Å². The summed E-state index contributed by atoms with van der Waals surface area (Å²) in [6.07, 6.45) is 4.74. The summed E-state index contributed by atoms with van der Waals surface area (Å²) in [5.41, 5.74) is 4.96. The third-order valence-corrected chi connectivity index (χ3v) is 4.91. The van der Waals surface area contributed by atoms with Crippen molar-refractivity contribution in [3.63, 3.8) is 0 Å². The lowest BCUT2D eigenvalue weighted by molar-refractivity contribution is 0.193. The number of anilines is 2. The molecule has 0 unspecified atom stereocenters. The molecule has 3 N–H and O–H groups in total. The van der Waals surface area contributed by atoms with Crippen LogP contribution in [0, 0.1) is 0 Å². The second-order valence-electron chi connectivity index (χ2n) is 8.40. The molecule has 0 atom stereocenters. The number of aromatic amines is 1. The molecule has 0 radical (unpaired) electrons. The zero-order valence-corrected chi connectivity index (χ0v) is 17.1. The Labute approximate surface area is 171 Å². The fourth-order valence-corrected chi connectivity index (χ4v) is 3.48. The van der Waals surface area contributed by atoms with E-state index < -0.39 is 0 Å². The highest BCUT2D eigenvalue weighted by atomic mass is 16.2. The fourth-order valence-electron chi connectivity index (χ4n) is 3.48. The van der Waals surface area contributed by atoms with E-state index in [2.05, 4.69) is 32.7 Å². The summed E-state index contributed by atoms with van der Waals surface area (Å²) >= 11 is 0. The van der Waals surface area contributed by atoms with Crippen LogP contribution in [-0.4, -0.2) is 39.5 Å². The minimum absolute atomic E-state index is 0.0135. The monoisotopic (exact) mass is 389 g/mol. The Balaban J connectivity index is 1.53. The first kappa shape index (κ1) is 19.1. The average molecular weight is 390 g/mol. The van der Waals surface area contributed by atoms with Gasteiger partial charge in [0.05, 0.1) is 5.69 Å². The molecule has 0 saturated heterocycles. The number of benzene rings is 1. The lowest BCUT2D eigenvalue weighted by Crippen LogP contribution is -2.49. The van der Waals surface area contributed by atoms with Gasteiger partial charge in [-0.05, 0) is 57.0 Å². The molecule has 0 bridgehead atoms. The summed E-state index contributed by atoms with van der Waals surface area (Å²) in [5, 5.41) is 7.55. The number of H-pyrrole nitrogens is 1. The number of pyridine rings is 1. The highest BCUT2D eigenvalue weighted by Gasteiger charge is 2.22. The maximum atomic E-state index is 12.4. The molecule has 2 amide bonds. The molecule has 0 aliphatic carbocycles. The number of urea groups is 1. The molecular formula is C23H27N5O. The van der Waals surface area contributed by atoms with Gasteiger partial charge in [-0.3, -0.25) is 0 Å². The molecule has 0 saturated carbocycles. The topological polar surface area (TPSA) is 73.1 Å². The van der Waals surface area contributed by atoms with E-state index in [0.29, 0.717) is 13.1 Å². The van der Waals surface area contributed by atoms with Crippen molar-refractivity contribution in [1.82, 2.24) is 20.2 Å². The van der Waals surface area contributed by atoms with Crippen LogP contribution < -0.4 is 10.6 Å². The Kier molecular flexibility index (Phi) is 5.01. The van der Waals surface area contributed by atoms with Crippen molar-refractivity contribution < 1.29 is 4.79 Å². The zero-order chi connectivity index (χ0) is 20.4. The van der Waals surface area contributed by atoms with E-state index in [0.717, 1.165) is 34.5 Å². The van der Waals surface area contributed by atoms with Crippen LogP contribution in [0.15, 0.2) is 54.7 Å². The highest BCUT2D eigenvalue weighted by molar-refractivity contribution is 5.94. The molecule has 2 aromatic heterocycles. The van der Waals surface area contributed by atoms with E-state index in [1.165, 1.54) is 5.57 Å². The third-order valence-electron chi connectivity index (χ3n) is 4.91. The number of nitrogens with one attached hydrogen (secondary N) is 3. The van der Waals surface area contributed by atoms with E-state index in [1.807, 2.05) is 68.3 Å². The quantitative estimate of drug-likeness (QED) is 0.596. The van der Waals surface area contributed by atoms with Crippen molar-refractivity contribution in [2.45, 2.75) is 32.7 Å². The standard InChI is InChI=1S/C23H27N5O/c1-23(2,3)27-22(29)28-13-10-16(11-14-28)20-15-18-19(9-12-24-21(18)26-20)25-17-7-5-4-6-8-17/h4-10,12,15H,11,13-14H2,1-3H3,(H,27,29)(H2,24,25,26). The lowest BCUT2D eigenvalue weighted by Gasteiger charge is -2.30. The smallest absolute Gasteiger partial charge is 0.318 e. The second kappa shape index (κ2) is 7.62. The van der Waals surface area contributed by atoms with Crippen LogP contribution in [0.2, 0.25) is 0 Å². The number of nitrogens with zero attached hydrogens (tertiary/aromatic N) is 2. The molecule has 6 heteroatoms. The molecule has 150 valence electrons. The predicted molar refractivity (Wildman–Crippen MR) is 118 cm³/mol. The van der Waals surface area contributed by atoms with Gasteiger partial charge in [0.1, 0.15) is 5.65 Å². The molecule has 1 aromatic carbocycles. The van der Waals surface area contributed by atoms with Crippen molar-refractivity contribution >= 4 is 34.0 Å². The number of hydrogen-bond acceptors (Lipinski definition) is 3. The highest BCUT2D eigenvalue weighted by Crippen LogP contribution is 2.30. The molecule has 3 heterocycles. The van der Waals surface area contributed by atoms with Gasteiger partial charge in [-0.15, -0.1) is 0 Å². The minimum Gasteiger partial charge on any atom is -0.355 e. The number of para-hydroxylation sites is 1. The van der Waals surface area contributed by atoms with Crippen LogP contribution in [0.4, 0.5) is 16.2 Å². The van der Waals surface area contributed by atoms with Crippen LogP contribution >= 0.6 is 0 Å². The first-order valence-corrected chi connectivity index (χ1v) is 9.95. The van der Waals surface area contributed by atoms with Crippen molar-refractivity contribution in [2.75, 3.05) is 18.4 Å². The molecule has 0 spiro atoms. The number of aromatic nitrogens is 2. The van der Waals surface area contributed by atoms with E-state index in [1.54, 1.807) is 0 Å². The molecule has 1 aliphatic heterocycles. The van der Waals surface area contributed by atoms with Crippen molar-refractivity contribution in [1.29, 1.82) is 0 Å². The molecule has 1 aliphatic rings. The Hall–Kier alpha value is -3.28. The number of amides is 2. The average Bonchev–Trinajstić information content (AvgIpc) is 3.13. The van der Waals surface area contributed by atoms with Gasteiger partial charge in [-0.25, -0.2) is 9.78 Å². The Morgan fingerprint density at radius 1 is 1.17 bits per heavy atom. The van der Waals surface area contributed by atoms with E-state index in [-0.39, 0.29) is 11.6 Å². The van der Waals surface area contributed by atoms with E-state index in [4.69, 9.17) is 0 Å². The Morgan fingerprint density at radius 2 is 1.97 bits per heavy atom. The van der Waals surface area contributed by atoms with Crippen LogP contribution in [-0.2, 0) is 0 Å². The van der Waals surface area contributed by atoms with Gasteiger partial charge in [0.2, 0.25) is 0 Å². The SMILES string of the molecule is CC(C)(C)NC(=O)N1CC=C(c2cc3c(Nc4ccccc4)ccnc3[nH]2)CC1. The van der Waals surface area contributed by atoms with Crippen LogP contribution in [0.3, 0.4) is 0 Å². The van der Waals surface area contributed by atoms with Crippen LogP contribution in [0.5, 0.6) is 0 Å². The number of hydrogen-bond donors (Lipinski definition) is 3. The summed E-state index contributed by atoms with van der Waals surface area (Å²) in [6.45, 7) is 7.29. The minimum atomic E-state index is -0.230. The van der Waals surface area contributed by atoms with Gasteiger partial charge in [-0.2, -0.15) is 0 Å². The summed E-state index contributed by atoms with van der Waals surface area (Å²) in [4.78, 5) is 22.1. The molecule has 6 nitrogen and oxygen atoms in total. The number of fused-ring (bicyclic) bond motifs is 1. The van der Waals surface area contributed by atoms with Crippen LogP contribution in [0.25, 0.3) is 16.6 Å². The van der Waals surface area contributed by atoms with Gasteiger partial charge in [0.25, 0.3) is 0 Å². The van der Waals surface area contributed by atoms with E-state index in [9.17, 15) is 4.79 Å². The number of carbonyl (C=O) groups excluding carboxylic acids is 1. The summed E-state index contributed by atoms with van der Waals surface area (Å²) in [7, 11) is 0. The van der Waals surface area contributed by atoms with Gasteiger partial charge < -0.3 is 20.5 Å². The number of carbonyl (C=O) groups is 1. The maximum absolute atomic E-state index is 12.4. The summed E-state index contributed by atoms with van der Waals surface area (Å²) < 4.78 is 0. The second-order valence-corrected chi connectivity index (χ2v) is 8.40. The third kappa shape index (κ3) is 4.42. The van der Waals surface area contributed by atoms with Crippen molar-refractivity contribution in [2.24, 2.45) is 0 Å². The fraction of sp³-hybridized carbons (Fsp3) is 0.304. The molecule has 4 rings (SSSR count). The predicted octanol–water partition coefficient (Wildman–Crippen LogP) is 4.90. The van der Waals surface area contributed by atoms with Gasteiger partial charge in [0.15, 0.2) is 0 Å². The summed E-state index contributed by atoms with van der Waals surface area (Å²) in [5.74, 6) is 0. The van der Waals surface area contributed by atoms with Gasteiger partial charge in [0, 0.05) is 41.6 Å². The molecule has 3 aromatic rings. The van der Waals surface area contributed by atoms with E-state index >= 15 is 0 Å². The Bertz CT molecular complexity index is 1050. The first-order chi connectivity index (χ1) is 13.9. The molecule has 29 heavy (non-hydrogen) atoms. The summed E-state index contributed by atoms with van der Waals surface area (Å²) in [6, 6.07) is 14.2. The zero-order valence-electron chi connectivity index (χ0n) is 17.1. The largest absolute Gasteiger partial charge is 0.355 e. The Morgan fingerprint density at radius 3 is 2.66 bits per heavy atom. The number of rotatable bonds is 3.